The van der Waals surface area contributed by atoms with Gasteiger partial charge in [0.2, 0.25) is 0 Å². The van der Waals surface area contributed by atoms with Gasteiger partial charge in [-0.3, -0.25) is 4.68 Å². The monoisotopic (exact) mass is 291 g/mol. The van der Waals surface area contributed by atoms with Crippen molar-refractivity contribution in [1.29, 1.82) is 0 Å². The van der Waals surface area contributed by atoms with Gasteiger partial charge in [0.05, 0.1) is 22.1 Å². The van der Waals surface area contributed by atoms with Crippen molar-refractivity contribution in [2.45, 2.75) is 13.5 Å². The normalized spacial score (nSPS) is 9.94. The van der Waals surface area contributed by atoms with Crippen LogP contribution in [0.5, 0.6) is 0 Å². The van der Waals surface area contributed by atoms with Gasteiger partial charge in [-0.15, -0.1) is 6.42 Å². The lowest BCUT2D eigenvalue weighted by molar-refractivity contribution is 0.716. The standard InChI is InChI=1S/C11H10BrN5/c1-3-4-17-6-9(5-15-17)16-11-10(12)8(2)13-7-14-11/h1,5-7H,4H2,2H3,(H,13,14,16). The largest absolute Gasteiger partial charge is 0.337 e. The van der Waals surface area contributed by atoms with Crippen LogP contribution in [0.1, 0.15) is 5.69 Å². The third kappa shape index (κ3) is 2.63. The molecule has 17 heavy (non-hydrogen) atoms. The molecule has 2 rings (SSSR count). The fraction of sp³-hybridized carbons (Fsp3) is 0.182. The molecular formula is C11H10BrN5. The fourth-order valence-corrected chi connectivity index (χ4v) is 1.59. The minimum atomic E-state index is 0.450. The van der Waals surface area contributed by atoms with E-state index >= 15 is 0 Å². The van der Waals surface area contributed by atoms with Gasteiger partial charge in [0.25, 0.3) is 0 Å². The number of hydrogen-bond acceptors (Lipinski definition) is 4. The first-order valence-corrected chi connectivity index (χ1v) is 5.70. The molecule has 0 saturated heterocycles. The lowest BCUT2D eigenvalue weighted by Crippen LogP contribution is -1.97. The first-order valence-electron chi connectivity index (χ1n) is 4.90. The van der Waals surface area contributed by atoms with Gasteiger partial charge in [0.1, 0.15) is 18.7 Å². The molecule has 1 N–H and O–H groups in total. The van der Waals surface area contributed by atoms with Crippen molar-refractivity contribution < 1.29 is 0 Å². The van der Waals surface area contributed by atoms with Gasteiger partial charge in [-0.05, 0) is 22.9 Å². The first kappa shape index (κ1) is 11.6. The van der Waals surface area contributed by atoms with Crippen molar-refractivity contribution in [1.82, 2.24) is 19.7 Å². The number of hydrogen-bond donors (Lipinski definition) is 1. The van der Waals surface area contributed by atoms with Gasteiger partial charge in [-0.1, -0.05) is 5.92 Å². The van der Waals surface area contributed by atoms with Gasteiger partial charge in [0, 0.05) is 6.20 Å². The summed E-state index contributed by atoms with van der Waals surface area (Å²) in [5.41, 5.74) is 1.71. The number of terminal acetylenes is 1. The highest BCUT2D eigenvalue weighted by atomic mass is 79.9. The van der Waals surface area contributed by atoms with Crippen LogP contribution in [0.3, 0.4) is 0 Å². The van der Waals surface area contributed by atoms with Crippen LogP contribution < -0.4 is 5.32 Å². The summed E-state index contributed by atoms with van der Waals surface area (Å²) < 4.78 is 2.51. The molecule has 0 atom stereocenters. The number of aromatic nitrogens is 4. The van der Waals surface area contributed by atoms with E-state index in [1.54, 1.807) is 10.9 Å². The second-order valence-corrected chi connectivity index (χ2v) is 4.17. The van der Waals surface area contributed by atoms with Crippen molar-refractivity contribution in [2.24, 2.45) is 0 Å². The molecule has 0 aliphatic heterocycles. The Hall–Kier alpha value is -1.87. The smallest absolute Gasteiger partial charge is 0.148 e. The van der Waals surface area contributed by atoms with Crippen molar-refractivity contribution in [3.05, 3.63) is 28.9 Å². The van der Waals surface area contributed by atoms with Crippen molar-refractivity contribution >= 4 is 27.4 Å². The Morgan fingerprint density at radius 1 is 1.53 bits per heavy atom. The number of nitrogens with zero attached hydrogens (tertiary/aromatic N) is 4. The summed E-state index contributed by atoms with van der Waals surface area (Å²) in [5, 5.41) is 7.25. The van der Waals surface area contributed by atoms with Crippen molar-refractivity contribution in [2.75, 3.05) is 5.32 Å². The van der Waals surface area contributed by atoms with Crippen LogP contribution >= 0.6 is 15.9 Å². The Morgan fingerprint density at radius 3 is 3.12 bits per heavy atom. The van der Waals surface area contributed by atoms with E-state index in [0.717, 1.165) is 15.9 Å². The summed E-state index contributed by atoms with van der Waals surface area (Å²) in [6, 6.07) is 0. The van der Waals surface area contributed by atoms with E-state index in [2.05, 4.69) is 42.2 Å². The van der Waals surface area contributed by atoms with Crippen molar-refractivity contribution in [3.63, 3.8) is 0 Å². The van der Waals surface area contributed by atoms with E-state index < -0.39 is 0 Å². The predicted octanol–water partition coefficient (Wildman–Crippen LogP) is 2.12. The Morgan fingerprint density at radius 2 is 2.35 bits per heavy atom. The van der Waals surface area contributed by atoms with E-state index in [1.807, 2.05) is 13.1 Å². The average Bonchev–Trinajstić information content (AvgIpc) is 2.73. The SMILES string of the molecule is C#CCn1cc(Nc2ncnc(C)c2Br)cn1. The van der Waals surface area contributed by atoms with Crippen LogP contribution in [0.25, 0.3) is 0 Å². The second kappa shape index (κ2) is 4.97. The zero-order valence-electron chi connectivity index (χ0n) is 9.18. The van der Waals surface area contributed by atoms with Crippen LogP contribution in [0, 0.1) is 19.3 Å². The highest BCUT2D eigenvalue weighted by Gasteiger charge is 2.06. The van der Waals surface area contributed by atoms with Gasteiger partial charge >= 0.3 is 0 Å². The molecule has 0 unspecified atom stereocenters. The third-order valence-electron chi connectivity index (χ3n) is 2.11. The maximum atomic E-state index is 5.21. The summed E-state index contributed by atoms with van der Waals surface area (Å²) in [7, 11) is 0. The number of nitrogens with one attached hydrogen (secondary N) is 1. The lowest BCUT2D eigenvalue weighted by Gasteiger charge is -2.05. The van der Waals surface area contributed by atoms with E-state index in [0.29, 0.717) is 12.4 Å². The minimum absolute atomic E-state index is 0.450. The fourth-order valence-electron chi connectivity index (χ4n) is 1.29. The third-order valence-corrected chi connectivity index (χ3v) is 3.06. The first-order chi connectivity index (χ1) is 8.20. The Balaban J connectivity index is 2.20. The molecule has 5 nitrogen and oxygen atoms in total. The Bertz CT molecular complexity index is 569. The summed E-state index contributed by atoms with van der Waals surface area (Å²) >= 11 is 3.43. The zero-order chi connectivity index (χ0) is 12.3. The molecule has 6 heteroatoms. The number of halogens is 1. The van der Waals surface area contributed by atoms with Crippen LogP contribution in [0.4, 0.5) is 11.5 Å². The summed E-state index contributed by atoms with van der Waals surface area (Å²) in [6.45, 7) is 2.35. The van der Waals surface area contributed by atoms with Gasteiger partial charge in [-0.25, -0.2) is 9.97 Å². The van der Waals surface area contributed by atoms with Gasteiger partial charge < -0.3 is 5.32 Å². The molecule has 0 saturated carbocycles. The predicted molar refractivity (Wildman–Crippen MR) is 68.8 cm³/mol. The van der Waals surface area contributed by atoms with Gasteiger partial charge in [0.15, 0.2) is 0 Å². The highest BCUT2D eigenvalue weighted by Crippen LogP contribution is 2.24. The van der Waals surface area contributed by atoms with Crippen LogP contribution in [-0.4, -0.2) is 19.7 Å². The maximum absolute atomic E-state index is 5.21. The quantitative estimate of drug-likeness (QED) is 0.880. The highest BCUT2D eigenvalue weighted by molar-refractivity contribution is 9.10. The Kier molecular flexibility index (Phi) is 3.40. The molecule has 0 bridgehead atoms. The van der Waals surface area contributed by atoms with Crippen molar-refractivity contribution in [3.8, 4) is 12.3 Å². The molecule has 86 valence electrons. The average molecular weight is 292 g/mol. The molecule has 0 aliphatic rings. The zero-order valence-corrected chi connectivity index (χ0v) is 10.8. The van der Waals surface area contributed by atoms with Crippen LogP contribution in [-0.2, 0) is 6.54 Å². The molecule has 0 fully saturated rings. The van der Waals surface area contributed by atoms with E-state index in [1.165, 1.54) is 6.33 Å². The molecule has 0 amide bonds. The lowest BCUT2D eigenvalue weighted by atomic mass is 10.4. The van der Waals surface area contributed by atoms with E-state index in [-0.39, 0.29) is 0 Å². The van der Waals surface area contributed by atoms with E-state index in [9.17, 15) is 0 Å². The molecule has 0 spiro atoms. The van der Waals surface area contributed by atoms with Crippen LogP contribution in [0.15, 0.2) is 23.2 Å². The molecule has 0 aromatic carbocycles. The topological polar surface area (TPSA) is 55.6 Å². The summed E-state index contributed by atoms with van der Waals surface area (Å²) in [4.78, 5) is 8.21. The minimum Gasteiger partial charge on any atom is -0.337 e. The van der Waals surface area contributed by atoms with Gasteiger partial charge in [-0.2, -0.15) is 5.10 Å². The molecule has 0 radical (unpaired) electrons. The molecule has 2 heterocycles. The number of rotatable bonds is 3. The number of aryl methyl sites for hydroxylation is 1. The molecule has 0 aliphatic carbocycles. The number of anilines is 2. The van der Waals surface area contributed by atoms with Crippen LogP contribution in [0.2, 0.25) is 0 Å². The molecule has 2 aromatic heterocycles. The molecular weight excluding hydrogens is 282 g/mol. The summed E-state index contributed by atoms with van der Waals surface area (Å²) in [5.74, 6) is 3.23. The molecule has 2 aromatic rings. The summed E-state index contributed by atoms with van der Waals surface area (Å²) in [6.07, 6.45) is 10.2. The Labute approximate surface area is 107 Å². The second-order valence-electron chi connectivity index (χ2n) is 3.38. The maximum Gasteiger partial charge on any atom is 0.148 e. The van der Waals surface area contributed by atoms with E-state index in [4.69, 9.17) is 6.42 Å².